The molecule has 80 valence electrons. The van der Waals surface area contributed by atoms with Crippen molar-refractivity contribution in [2.24, 2.45) is 5.73 Å². The van der Waals surface area contributed by atoms with Crippen molar-refractivity contribution in [2.45, 2.75) is 6.42 Å². The molecule has 0 saturated carbocycles. The molecule has 0 aliphatic heterocycles. The van der Waals surface area contributed by atoms with Gasteiger partial charge in [-0.05, 0) is 6.07 Å². The van der Waals surface area contributed by atoms with Crippen molar-refractivity contribution in [3.05, 3.63) is 33.9 Å². The Labute approximate surface area is 86.3 Å². The van der Waals surface area contributed by atoms with E-state index in [-0.39, 0.29) is 17.9 Å². The summed E-state index contributed by atoms with van der Waals surface area (Å²) in [5.74, 6) is 0.435. The van der Waals surface area contributed by atoms with Gasteiger partial charge in [0.25, 0.3) is 5.69 Å². The number of rotatable bonds is 4. The number of nitrogens with two attached hydrogens (primary N) is 1. The number of hydrogen-bond acceptors (Lipinski definition) is 4. The Morgan fingerprint density at radius 3 is 2.80 bits per heavy atom. The van der Waals surface area contributed by atoms with Crippen molar-refractivity contribution in [3.8, 4) is 5.75 Å². The maximum Gasteiger partial charge on any atom is 0.269 e. The van der Waals surface area contributed by atoms with Gasteiger partial charge in [-0.3, -0.25) is 15.5 Å². The number of non-ortho nitro benzene ring substituents is 1. The Morgan fingerprint density at radius 2 is 2.33 bits per heavy atom. The third kappa shape index (κ3) is 2.67. The van der Waals surface area contributed by atoms with Gasteiger partial charge in [0.1, 0.15) is 5.75 Å². The van der Waals surface area contributed by atoms with Crippen LogP contribution in [0.5, 0.6) is 5.75 Å². The average molecular weight is 209 g/mol. The van der Waals surface area contributed by atoms with Gasteiger partial charge in [0.15, 0.2) is 0 Å². The van der Waals surface area contributed by atoms with Gasteiger partial charge in [0.05, 0.1) is 17.9 Å². The zero-order chi connectivity index (χ0) is 11.4. The van der Waals surface area contributed by atoms with Crippen molar-refractivity contribution in [1.82, 2.24) is 0 Å². The second-order valence-electron chi connectivity index (χ2n) is 2.96. The summed E-state index contributed by atoms with van der Waals surface area (Å²) >= 11 is 0. The van der Waals surface area contributed by atoms with Crippen molar-refractivity contribution < 1.29 is 9.66 Å². The molecule has 0 unspecified atom stereocenters. The lowest BCUT2D eigenvalue weighted by Crippen LogP contribution is -2.13. The van der Waals surface area contributed by atoms with E-state index in [1.54, 1.807) is 0 Å². The Balaban J connectivity index is 3.12. The molecule has 6 nitrogen and oxygen atoms in total. The minimum Gasteiger partial charge on any atom is -0.496 e. The predicted molar refractivity (Wildman–Crippen MR) is 55.3 cm³/mol. The first-order valence-electron chi connectivity index (χ1n) is 4.18. The Hall–Kier alpha value is -2.11. The number of nitrogens with one attached hydrogen (secondary N) is 1. The summed E-state index contributed by atoms with van der Waals surface area (Å²) in [5, 5.41) is 17.7. The highest BCUT2D eigenvalue weighted by Crippen LogP contribution is 2.24. The third-order valence-electron chi connectivity index (χ3n) is 1.86. The van der Waals surface area contributed by atoms with Crippen molar-refractivity contribution in [1.29, 1.82) is 5.41 Å². The molecule has 3 N–H and O–H groups in total. The molecule has 0 fully saturated rings. The van der Waals surface area contributed by atoms with E-state index in [1.807, 2.05) is 0 Å². The van der Waals surface area contributed by atoms with Crippen LogP contribution in [-0.4, -0.2) is 17.9 Å². The number of nitro groups is 1. The molecular weight excluding hydrogens is 198 g/mol. The average Bonchev–Trinajstić information content (AvgIpc) is 2.16. The van der Waals surface area contributed by atoms with E-state index in [0.717, 1.165) is 0 Å². The predicted octanol–water partition coefficient (Wildman–Crippen LogP) is 1.08. The lowest BCUT2D eigenvalue weighted by Gasteiger charge is -2.06. The summed E-state index contributed by atoms with van der Waals surface area (Å²) in [6.45, 7) is 0. The Bertz CT molecular complexity index is 404. The number of nitro benzene ring substituents is 1. The minimum atomic E-state index is -0.497. The third-order valence-corrected chi connectivity index (χ3v) is 1.86. The molecule has 0 saturated heterocycles. The van der Waals surface area contributed by atoms with Crippen molar-refractivity contribution in [3.63, 3.8) is 0 Å². The summed E-state index contributed by atoms with van der Waals surface area (Å²) in [7, 11) is 1.46. The van der Waals surface area contributed by atoms with Crippen LogP contribution in [0.2, 0.25) is 0 Å². The van der Waals surface area contributed by atoms with Gasteiger partial charge in [0.2, 0.25) is 0 Å². The first-order chi connectivity index (χ1) is 7.04. The molecule has 1 aromatic carbocycles. The molecule has 0 aromatic heterocycles. The Morgan fingerprint density at radius 1 is 1.67 bits per heavy atom. The van der Waals surface area contributed by atoms with E-state index < -0.39 is 4.92 Å². The van der Waals surface area contributed by atoms with Crippen LogP contribution in [0.15, 0.2) is 18.2 Å². The molecule has 0 aliphatic carbocycles. The highest BCUT2D eigenvalue weighted by Gasteiger charge is 2.11. The maximum atomic E-state index is 10.5. The molecular formula is C9H11N3O3. The summed E-state index contributed by atoms with van der Waals surface area (Å²) in [6, 6.07) is 4.21. The number of hydrogen-bond donors (Lipinski definition) is 2. The van der Waals surface area contributed by atoms with E-state index in [0.29, 0.717) is 11.3 Å². The lowest BCUT2D eigenvalue weighted by molar-refractivity contribution is -0.384. The lowest BCUT2D eigenvalue weighted by atomic mass is 10.1. The highest BCUT2D eigenvalue weighted by molar-refractivity contribution is 5.80. The fraction of sp³-hybridized carbons (Fsp3) is 0.222. The minimum absolute atomic E-state index is 0.0351. The number of methoxy groups -OCH3 is 1. The van der Waals surface area contributed by atoms with E-state index >= 15 is 0 Å². The second-order valence-corrected chi connectivity index (χ2v) is 2.96. The molecule has 0 radical (unpaired) electrons. The number of benzene rings is 1. The van der Waals surface area contributed by atoms with Crippen LogP contribution < -0.4 is 10.5 Å². The summed E-state index contributed by atoms with van der Waals surface area (Å²) in [4.78, 5) is 10.0. The fourth-order valence-electron chi connectivity index (χ4n) is 1.22. The normalized spacial score (nSPS) is 9.67. The largest absolute Gasteiger partial charge is 0.496 e. The van der Waals surface area contributed by atoms with Gasteiger partial charge >= 0.3 is 0 Å². The van der Waals surface area contributed by atoms with Crippen LogP contribution in [0.25, 0.3) is 0 Å². The highest BCUT2D eigenvalue weighted by atomic mass is 16.6. The van der Waals surface area contributed by atoms with Gasteiger partial charge in [0, 0.05) is 24.1 Å². The van der Waals surface area contributed by atoms with Gasteiger partial charge in [-0.15, -0.1) is 0 Å². The molecule has 0 aliphatic rings. The van der Waals surface area contributed by atoms with Gasteiger partial charge in [-0.2, -0.15) is 0 Å². The van der Waals surface area contributed by atoms with Crippen LogP contribution >= 0.6 is 0 Å². The van der Waals surface area contributed by atoms with Crippen molar-refractivity contribution in [2.75, 3.05) is 7.11 Å². The molecule has 1 aromatic rings. The second kappa shape index (κ2) is 4.41. The number of amidine groups is 1. The van der Waals surface area contributed by atoms with Crippen molar-refractivity contribution >= 4 is 11.5 Å². The molecule has 0 heterocycles. The first kappa shape index (κ1) is 11.0. The van der Waals surface area contributed by atoms with Crippen LogP contribution in [0, 0.1) is 15.5 Å². The van der Waals surface area contributed by atoms with Gasteiger partial charge in [-0.25, -0.2) is 0 Å². The molecule has 6 heteroatoms. The van der Waals surface area contributed by atoms with E-state index in [4.69, 9.17) is 15.9 Å². The van der Waals surface area contributed by atoms with E-state index in [2.05, 4.69) is 0 Å². The van der Waals surface area contributed by atoms with Gasteiger partial charge < -0.3 is 10.5 Å². The quantitative estimate of drug-likeness (QED) is 0.335. The number of nitrogens with zero attached hydrogens (tertiary/aromatic N) is 1. The maximum absolute atomic E-state index is 10.5. The first-order valence-corrected chi connectivity index (χ1v) is 4.18. The van der Waals surface area contributed by atoms with Crippen LogP contribution in [0.3, 0.4) is 0 Å². The summed E-state index contributed by atoms with van der Waals surface area (Å²) in [6.07, 6.45) is 0.144. The molecule has 15 heavy (non-hydrogen) atoms. The zero-order valence-corrected chi connectivity index (χ0v) is 8.19. The molecule has 0 atom stereocenters. The fourth-order valence-corrected chi connectivity index (χ4v) is 1.22. The van der Waals surface area contributed by atoms with Gasteiger partial charge in [-0.1, -0.05) is 0 Å². The molecule has 0 spiro atoms. The van der Waals surface area contributed by atoms with Crippen LogP contribution in [-0.2, 0) is 6.42 Å². The zero-order valence-electron chi connectivity index (χ0n) is 8.19. The topological polar surface area (TPSA) is 102 Å². The SMILES string of the molecule is COc1ccc([N+](=O)[O-])cc1CC(=N)N. The van der Waals surface area contributed by atoms with Crippen LogP contribution in [0.4, 0.5) is 5.69 Å². The van der Waals surface area contributed by atoms with Crippen LogP contribution in [0.1, 0.15) is 5.56 Å². The molecule has 1 rings (SSSR count). The standard InChI is InChI=1S/C9H11N3O3/c1-15-8-3-2-7(12(13)14)4-6(8)5-9(10)11/h2-4H,5H2,1H3,(H3,10,11). The number of ether oxygens (including phenoxy) is 1. The monoisotopic (exact) mass is 209 g/mol. The summed E-state index contributed by atoms with van der Waals surface area (Å²) < 4.78 is 5.01. The smallest absolute Gasteiger partial charge is 0.269 e. The Kier molecular flexibility index (Phi) is 3.22. The molecule has 0 bridgehead atoms. The summed E-state index contributed by atoms with van der Waals surface area (Å²) in [5.41, 5.74) is 5.74. The van der Waals surface area contributed by atoms with E-state index in [1.165, 1.54) is 25.3 Å². The molecule has 0 amide bonds. The van der Waals surface area contributed by atoms with E-state index in [9.17, 15) is 10.1 Å².